The van der Waals surface area contributed by atoms with Gasteiger partial charge >= 0.3 is 0 Å². The van der Waals surface area contributed by atoms with E-state index in [1.165, 1.54) is 5.56 Å². The largest absolute Gasteiger partial charge is 0.377 e. The first-order chi connectivity index (χ1) is 7.45. The maximum Gasteiger partial charge on any atom is 0.0711 e. The van der Waals surface area contributed by atoms with Crippen molar-refractivity contribution >= 4 is 0 Å². The van der Waals surface area contributed by atoms with Gasteiger partial charge in [0, 0.05) is 25.5 Å². The monoisotopic (exact) mass is 206 g/mol. The minimum Gasteiger partial charge on any atom is -0.377 e. The zero-order chi connectivity index (χ0) is 10.3. The number of nitrogens with one attached hydrogen (secondary N) is 1. The summed E-state index contributed by atoms with van der Waals surface area (Å²) in [6.45, 7) is 3.00. The van der Waals surface area contributed by atoms with E-state index in [9.17, 15) is 0 Å². The number of nitrogens with zero attached hydrogens (tertiary/aromatic N) is 1. The van der Waals surface area contributed by atoms with Crippen LogP contribution in [0.2, 0.25) is 0 Å². The summed E-state index contributed by atoms with van der Waals surface area (Å²) in [6.07, 6.45) is 7.48. The van der Waals surface area contributed by atoms with Crippen LogP contribution < -0.4 is 5.32 Å². The van der Waals surface area contributed by atoms with E-state index in [0.717, 1.165) is 39.0 Å². The molecule has 0 bridgehead atoms. The van der Waals surface area contributed by atoms with E-state index in [-0.39, 0.29) is 0 Å². The van der Waals surface area contributed by atoms with Crippen molar-refractivity contribution in [3.05, 3.63) is 30.1 Å². The zero-order valence-corrected chi connectivity index (χ0v) is 8.98. The fraction of sp³-hybridized carbons (Fsp3) is 0.583. The van der Waals surface area contributed by atoms with Gasteiger partial charge in [-0.2, -0.15) is 0 Å². The lowest BCUT2D eigenvalue weighted by atomic mass is 10.1. The molecule has 1 aromatic heterocycles. The van der Waals surface area contributed by atoms with E-state index in [4.69, 9.17) is 4.74 Å². The van der Waals surface area contributed by atoms with Crippen molar-refractivity contribution in [2.45, 2.75) is 25.4 Å². The van der Waals surface area contributed by atoms with Crippen LogP contribution in [-0.2, 0) is 11.2 Å². The van der Waals surface area contributed by atoms with Crippen molar-refractivity contribution in [2.75, 3.05) is 19.7 Å². The van der Waals surface area contributed by atoms with Gasteiger partial charge in [-0.25, -0.2) is 0 Å². The second-order valence-electron chi connectivity index (χ2n) is 3.94. The first-order valence-electron chi connectivity index (χ1n) is 5.66. The average Bonchev–Trinajstić information content (AvgIpc) is 2.79. The lowest BCUT2D eigenvalue weighted by molar-refractivity contribution is 0.0655. The summed E-state index contributed by atoms with van der Waals surface area (Å²) in [5.41, 5.74) is 1.35. The Hall–Kier alpha value is -0.930. The fourth-order valence-electron chi connectivity index (χ4n) is 1.85. The molecule has 3 heteroatoms. The number of aryl methyl sites for hydroxylation is 1. The Morgan fingerprint density at radius 2 is 2.27 bits per heavy atom. The molecule has 0 radical (unpaired) electrons. The highest BCUT2D eigenvalue weighted by atomic mass is 16.5. The number of rotatable bonds is 5. The van der Waals surface area contributed by atoms with E-state index in [2.05, 4.69) is 22.4 Å². The quantitative estimate of drug-likeness (QED) is 0.739. The summed E-state index contributed by atoms with van der Waals surface area (Å²) in [6, 6.07) is 4.13. The van der Waals surface area contributed by atoms with Gasteiger partial charge in [0.25, 0.3) is 0 Å². The molecule has 1 saturated heterocycles. The summed E-state index contributed by atoms with van der Waals surface area (Å²) < 4.78 is 5.75. The van der Waals surface area contributed by atoms with Crippen molar-refractivity contribution in [1.29, 1.82) is 0 Å². The predicted octanol–water partition coefficient (Wildman–Crippen LogP) is 1.39. The van der Waals surface area contributed by atoms with Gasteiger partial charge in [0.1, 0.15) is 0 Å². The first kappa shape index (κ1) is 10.6. The number of hydrogen-bond acceptors (Lipinski definition) is 3. The highest BCUT2D eigenvalue weighted by Crippen LogP contribution is 2.05. The Labute approximate surface area is 90.9 Å². The van der Waals surface area contributed by atoms with Gasteiger partial charge in [-0.15, -0.1) is 0 Å². The SMILES string of the molecule is c1cc(CCCO[C@H]2CCNC2)ccn1. The standard InChI is InChI=1S/C12H18N2O/c1(2-11-3-6-13-7-4-11)9-15-12-5-8-14-10-12/h3-4,6-7,12,14H,1-2,5,8-10H2/t12-/m0/s1. The zero-order valence-electron chi connectivity index (χ0n) is 8.98. The molecule has 0 unspecified atom stereocenters. The Morgan fingerprint density at radius 1 is 1.40 bits per heavy atom. The van der Waals surface area contributed by atoms with Crippen molar-refractivity contribution in [2.24, 2.45) is 0 Å². The minimum absolute atomic E-state index is 0.447. The summed E-state index contributed by atoms with van der Waals surface area (Å²) in [7, 11) is 0. The maximum absolute atomic E-state index is 5.75. The molecule has 1 aliphatic rings. The number of pyridine rings is 1. The van der Waals surface area contributed by atoms with E-state index in [0.29, 0.717) is 6.10 Å². The summed E-state index contributed by atoms with van der Waals surface area (Å²) in [5.74, 6) is 0. The second kappa shape index (κ2) is 5.83. The predicted molar refractivity (Wildman–Crippen MR) is 59.8 cm³/mol. The molecular formula is C12H18N2O. The highest BCUT2D eigenvalue weighted by Gasteiger charge is 2.13. The van der Waals surface area contributed by atoms with E-state index < -0.39 is 0 Å². The lowest BCUT2D eigenvalue weighted by Crippen LogP contribution is -2.17. The van der Waals surface area contributed by atoms with Gasteiger partial charge < -0.3 is 10.1 Å². The molecule has 0 spiro atoms. The topological polar surface area (TPSA) is 34.1 Å². The van der Waals surface area contributed by atoms with Gasteiger partial charge in [0.2, 0.25) is 0 Å². The molecule has 0 aliphatic carbocycles. The van der Waals surface area contributed by atoms with Crippen molar-refractivity contribution in [3.8, 4) is 0 Å². The Balaban J connectivity index is 1.59. The van der Waals surface area contributed by atoms with E-state index in [1.807, 2.05) is 12.4 Å². The summed E-state index contributed by atoms with van der Waals surface area (Å²) in [4.78, 5) is 4.00. The smallest absolute Gasteiger partial charge is 0.0711 e. The second-order valence-corrected chi connectivity index (χ2v) is 3.94. The highest BCUT2D eigenvalue weighted by molar-refractivity contribution is 5.09. The number of hydrogen-bond donors (Lipinski definition) is 1. The Kier molecular flexibility index (Phi) is 4.11. The molecule has 0 aromatic carbocycles. The van der Waals surface area contributed by atoms with Crippen LogP contribution in [0.25, 0.3) is 0 Å². The molecule has 15 heavy (non-hydrogen) atoms. The van der Waals surface area contributed by atoms with Gasteiger partial charge in [-0.05, 0) is 43.5 Å². The van der Waals surface area contributed by atoms with Gasteiger partial charge in [0.05, 0.1) is 6.10 Å². The third-order valence-corrected chi connectivity index (χ3v) is 2.73. The molecule has 0 saturated carbocycles. The number of aromatic nitrogens is 1. The van der Waals surface area contributed by atoms with Crippen LogP contribution in [0.15, 0.2) is 24.5 Å². The molecule has 1 aliphatic heterocycles. The number of ether oxygens (including phenoxy) is 1. The van der Waals surface area contributed by atoms with Crippen molar-refractivity contribution in [3.63, 3.8) is 0 Å². The molecular weight excluding hydrogens is 188 g/mol. The van der Waals surface area contributed by atoms with Crippen LogP contribution in [0.3, 0.4) is 0 Å². The Bertz CT molecular complexity index is 270. The molecule has 1 aromatic rings. The molecule has 2 heterocycles. The molecule has 1 fully saturated rings. The molecule has 82 valence electrons. The van der Waals surface area contributed by atoms with Crippen LogP contribution >= 0.6 is 0 Å². The van der Waals surface area contributed by atoms with Crippen molar-refractivity contribution < 1.29 is 4.74 Å². The maximum atomic E-state index is 5.75. The van der Waals surface area contributed by atoms with Crippen LogP contribution in [0.1, 0.15) is 18.4 Å². The van der Waals surface area contributed by atoms with Gasteiger partial charge in [-0.1, -0.05) is 0 Å². The normalized spacial score (nSPS) is 20.7. The van der Waals surface area contributed by atoms with Crippen LogP contribution in [0.4, 0.5) is 0 Å². The van der Waals surface area contributed by atoms with Gasteiger partial charge in [0.15, 0.2) is 0 Å². The molecule has 3 nitrogen and oxygen atoms in total. The van der Waals surface area contributed by atoms with E-state index >= 15 is 0 Å². The first-order valence-corrected chi connectivity index (χ1v) is 5.66. The summed E-state index contributed by atoms with van der Waals surface area (Å²) in [5, 5.41) is 3.30. The third kappa shape index (κ3) is 3.61. The summed E-state index contributed by atoms with van der Waals surface area (Å²) >= 11 is 0. The van der Waals surface area contributed by atoms with Gasteiger partial charge in [-0.3, -0.25) is 4.98 Å². The average molecular weight is 206 g/mol. The molecule has 1 N–H and O–H groups in total. The van der Waals surface area contributed by atoms with E-state index in [1.54, 1.807) is 0 Å². The van der Waals surface area contributed by atoms with Crippen LogP contribution in [-0.4, -0.2) is 30.8 Å². The van der Waals surface area contributed by atoms with Crippen LogP contribution in [0.5, 0.6) is 0 Å². The molecule has 1 atom stereocenters. The minimum atomic E-state index is 0.447. The fourth-order valence-corrected chi connectivity index (χ4v) is 1.85. The Morgan fingerprint density at radius 3 is 3.00 bits per heavy atom. The van der Waals surface area contributed by atoms with Crippen LogP contribution in [0, 0.1) is 0 Å². The van der Waals surface area contributed by atoms with Crippen molar-refractivity contribution in [1.82, 2.24) is 10.3 Å². The lowest BCUT2D eigenvalue weighted by Gasteiger charge is -2.09. The molecule has 2 rings (SSSR count). The molecule has 0 amide bonds. The third-order valence-electron chi connectivity index (χ3n) is 2.73.